The predicted octanol–water partition coefficient (Wildman–Crippen LogP) is 6.21. The van der Waals surface area contributed by atoms with Crippen molar-refractivity contribution < 1.29 is 46.4 Å². The average molecular weight is 669 g/mol. The number of fused-ring (bicyclic) bond motifs is 1. The molecular formula is C28H28F3N4O8PS. The molecule has 4 rings (SSSR count). The van der Waals surface area contributed by atoms with Crippen molar-refractivity contribution in [2.75, 3.05) is 18.5 Å². The molecule has 3 aromatic heterocycles. The van der Waals surface area contributed by atoms with Gasteiger partial charge in [0.05, 0.1) is 24.8 Å². The maximum Gasteiger partial charge on any atom is 0.472 e. The summed E-state index contributed by atoms with van der Waals surface area (Å²) in [6.45, 7) is 5.97. The first kappa shape index (κ1) is 33.9. The van der Waals surface area contributed by atoms with E-state index in [0.29, 0.717) is 16.9 Å². The highest BCUT2D eigenvalue weighted by Gasteiger charge is 2.34. The van der Waals surface area contributed by atoms with Gasteiger partial charge in [-0.05, 0) is 36.6 Å². The van der Waals surface area contributed by atoms with Gasteiger partial charge in [-0.1, -0.05) is 19.9 Å². The van der Waals surface area contributed by atoms with Gasteiger partial charge in [0, 0.05) is 41.2 Å². The number of anilines is 1. The molecule has 3 N–H and O–H groups in total. The number of carbonyl (C=O) groups excluding carboxylic acids is 1. The Morgan fingerprint density at radius 3 is 2.42 bits per heavy atom. The molecule has 0 aliphatic heterocycles. The Labute approximate surface area is 258 Å². The lowest BCUT2D eigenvalue weighted by Crippen LogP contribution is -2.22. The second kappa shape index (κ2) is 13.2. The molecule has 240 valence electrons. The molecule has 12 nitrogen and oxygen atoms in total. The van der Waals surface area contributed by atoms with Crippen molar-refractivity contribution in [2.24, 2.45) is 5.92 Å². The number of carbonyl (C=O) groups is 2. The summed E-state index contributed by atoms with van der Waals surface area (Å²) in [6.07, 6.45) is -2.31. The molecule has 0 bridgehead atoms. The molecule has 1 amide bonds. The molecule has 4 aromatic rings. The topological polar surface area (TPSA) is 170 Å². The fourth-order valence-corrected chi connectivity index (χ4v) is 6.06. The van der Waals surface area contributed by atoms with Gasteiger partial charge in [-0.3, -0.25) is 18.6 Å². The molecule has 0 aliphatic carbocycles. The molecule has 1 unspecified atom stereocenters. The van der Waals surface area contributed by atoms with Crippen LogP contribution < -0.4 is 10.7 Å². The molecule has 0 fully saturated rings. The first-order valence-electron chi connectivity index (χ1n) is 13.3. The number of hydrogen-bond donors (Lipinski definition) is 3. The second-order valence-electron chi connectivity index (χ2n) is 10.5. The fraction of sp³-hybridized carbons (Fsp3) is 0.321. The van der Waals surface area contributed by atoms with Crippen molar-refractivity contribution in [1.82, 2.24) is 14.5 Å². The maximum absolute atomic E-state index is 13.4. The zero-order valence-corrected chi connectivity index (χ0v) is 26.0. The second-order valence-corrected chi connectivity index (χ2v) is 12.8. The van der Waals surface area contributed by atoms with Crippen LogP contribution in [-0.4, -0.2) is 49.6 Å². The van der Waals surface area contributed by atoms with E-state index in [4.69, 9.17) is 9.05 Å². The number of amides is 1. The molecule has 0 saturated heterocycles. The van der Waals surface area contributed by atoms with E-state index < -0.39 is 48.6 Å². The number of nitrogens with one attached hydrogen (secondary N) is 1. The smallest absolute Gasteiger partial charge is 0.472 e. The number of thiazole rings is 1. The Balaban J connectivity index is 1.83. The summed E-state index contributed by atoms with van der Waals surface area (Å²) >= 11 is 0.715. The number of pyridine rings is 2. The normalized spacial score (nSPS) is 14.0. The fourth-order valence-electron chi connectivity index (χ4n) is 4.24. The van der Waals surface area contributed by atoms with Gasteiger partial charge in [-0.2, -0.15) is 13.2 Å². The number of phosphoric acid groups is 1. The number of nitrogens with zero attached hydrogens (tertiary/aromatic N) is 3. The van der Waals surface area contributed by atoms with Crippen LogP contribution >= 0.6 is 19.2 Å². The van der Waals surface area contributed by atoms with Crippen LogP contribution in [0.5, 0.6) is 0 Å². The summed E-state index contributed by atoms with van der Waals surface area (Å²) in [5.74, 6) is -1.98. The zero-order chi connectivity index (χ0) is 33.3. The molecule has 0 radical (unpaired) electrons. The van der Waals surface area contributed by atoms with E-state index in [2.05, 4.69) is 15.3 Å². The number of aromatic carboxylic acids is 1. The highest BCUT2D eigenvalue weighted by atomic mass is 32.1. The van der Waals surface area contributed by atoms with Gasteiger partial charge in [0.15, 0.2) is 5.69 Å². The third-order valence-electron chi connectivity index (χ3n) is 6.33. The minimum absolute atomic E-state index is 0.0315. The number of aromatic nitrogens is 3. The van der Waals surface area contributed by atoms with Crippen LogP contribution in [0.1, 0.15) is 49.8 Å². The number of alkyl halides is 3. The van der Waals surface area contributed by atoms with Crippen LogP contribution in [0.2, 0.25) is 0 Å². The molecular weight excluding hydrogens is 640 g/mol. The number of carboxylic acids is 1. The molecule has 0 saturated carbocycles. The number of carboxylic acid groups (broad SMARTS) is 1. The quantitative estimate of drug-likeness (QED) is 0.156. The Morgan fingerprint density at radius 1 is 1.13 bits per heavy atom. The lowest BCUT2D eigenvalue weighted by Gasteiger charge is -2.21. The number of phosphoric ester groups is 1. The lowest BCUT2D eigenvalue weighted by molar-refractivity contribution is -0.140. The summed E-state index contributed by atoms with van der Waals surface area (Å²) in [5, 5.41) is 13.0. The Bertz CT molecular complexity index is 1870. The van der Waals surface area contributed by atoms with E-state index in [0.717, 1.165) is 11.6 Å². The minimum Gasteiger partial charge on any atom is -0.477 e. The lowest BCUT2D eigenvalue weighted by atomic mass is 9.99. The summed E-state index contributed by atoms with van der Waals surface area (Å²) in [4.78, 5) is 54.9. The van der Waals surface area contributed by atoms with Crippen LogP contribution in [0.15, 0.2) is 46.8 Å². The van der Waals surface area contributed by atoms with E-state index in [1.807, 2.05) is 0 Å². The molecule has 45 heavy (non-hydrogen) atoms. The number of benzene rings is 1. The highest BCUT2D eigenvalue weighted by Crippen LogP contribution is 2.44. The van der Waals surface area contributed by atoms with Gasteiger partial charge in [0.25, 0.3) is 0 Å². The third-order valence-corrected chi connectivity index (χ3v) is 8.16. The van der Waals surface area contributed by atoms with Gasteiger partial charge < -0.3 is 19.9 Å². The molecule has 0 spiro atoms. The van der Waals surface area contributed by atoms with Crippen molar-refractivity contribution >= 4 is 47.8 Å². The van der Waals surface area contributed by atoms with Crippen LogP contribution in [0.3, 0.4) is 0 Å². The Hall–Kier alpha value is -3.95. The standard InChI is InChI=1S/C28H28F3N4O8PS/c1-14(2)11-42-44(40,41)43-12-15(3)35-10-21(27(38)39)25(37)19-7-17(5-6-22(19)35)20-9-32-24(33-16(4)36)8-18(20)26-34-23(13-45-26)28(29,30)31/h5-10,13-15H,11-12H2,1-4H3,(H,38,39)(H,40,41)(H,32,33,36)/t15-/m0/s1. The summed E-state index contributed by atoms with van der Waals surface area (Å²) in [6, 6.07) is 5.00. The van der Waals surface area contributed by atoms with Gasteiger partial charge in [0.2, 0.25) is 11.3 Å². The van der Waals surface area contributed by atoms with Gasteiger partial charge >= 0.3 is 20.0 Å². The molecule has 2 atom stereocenters. The molecule has 1 aromatic carbocycles. The van der Waals surface area contributed by atoms with E-state index in [-0.39, 0.29) is 52.0 Å². The SMILES string of the molecule is CC(=O)Nc1cc(-c2nc(C(F)(F)F)cs2)c(-c2ccc3c(c2)c(=O)c(C(=O)O)cn3[C@@H](C)COP(=O)(O)OCC(C)C)cn1. The number of halogens is 3. The minimum atomic E-state index is -4.70. The first-order valence-corrected chi connectivity index (χ1v) is 15.7. The Kier molecular flexibility index (Phi) is 9.94. The Morgan fingerprint density at radius 2 is 1.82 bits per heavy atom. The summed E-state index contributed by atoms with van der Waals surface area (Å²) < 4.78 is 63.8. The zero-order valence-electron chi connectivity index (χ0n) is 24.3. The number of rotatable bonds is 11. The largest absolute Gasteiger partial charge is 0.477 e. The molecule has 17 heteroatoms. The van der Waals surface area contributed by atoms with E-state index in [1.54, 1.807) is 26.8 Å². The molecule has 0 aliphatic rings. The van der Waals surface area contributed by atoms with Crippen molar-refractivity contribution in [2.45, 2.75) is 39.9 Å². The predicted molar refractivity (Wildman–Crippen MR) is 160 cm³/mol. The van der Waals surface area contributed by atoms with Gasteiger partial charge in [-0.25, -0.2) is 19.3 Å². The highest BCUT2D eigenvalue weighted by molar-refractivity contribution is 7.47. The summed E-state index contributed by atoms with van der Waals surface area (Å²) in [7, 11) is -4.43. The summed E-state index contributed by atoms with van der Waals surface area (Å²) in [5.41, 5.74) is -1.58. The first-order chi connectivity index (χ1) is 21.0. The maximum atomic E-state index is 13.4. The van der Waals surface area contributed by atoms with Crippen molar-refractivity contribution in [3.05, 3.63) is 63.5 Å². The van der Waals surface area contributed by atoms with Crippen molar-refractivity contribution in [1.29, 1.82) is 0 Å². The van der Waals surface area contributed by atoms with E-state index in [1.165, 1.54) is 35.9 Å². The van der Waals surface area contributed by atoms with Crippen molar-refractivity contribution in [3.63, 3.8) is 0 Å². The van der Waals surface area contributed by atoms with Crippen molar-refractivity contribution in [3.8, 4) is 21.7 Å². The third kappa shape index (κ3) is 8.02. The van der Waals surface area contributed by atoms with Crippen LogP contribution in [0, 0.1) is 5.92 Å². The average Bonchev–Trinajstić information content (AvgIpc) is 3.46. The van der Waals surface area contributed by atoms with E-state index >= 15 is 0 Å². The van der Waals surface area contributed by atoms with Crippen LogP contribution in [0.25, 0.3) is 32.6 Å². The van der Waals surface area contributed by atoms with Crippen LogP contribution in [0.4, 0.5) is 19.0 Å². The van der Waals surface area contributed by atoms with Gasteiger partial charge in [-0.15, -0.1) is 11.3 Å². The number of hydrogen-bond acceptors (Lipinski definition) is 9. The van der Waals surface area contributed by atoms with E-state index in [9.17, 15) is 42.1 Å². The van der Waals surface area contributed by atoms with Gasteiger partial charge in [0.1, 0.15) is 16.4 Å². The van der Waals surface area contributed by atoms with Crippen LogP contribution in [-0.2, 0) is 24.6 Å². The molecule has 3 heterocycles. The monoisotopic (exact) mass is 668 g/mol.